The minimum atomic E-state index is -0.548. The molecule has 1 aromatic carbocycles. The van der Waals surface area contributed by atoms with E-state index in [1.54, 1.807) is 12.4 Å². The number of carbonyl (C=O) groups is 1. The molecule has 1 aromatic heterocycles. The van der Waals surface area contributed by atoms with Gasteiger partial charge in [0.2, 0.25) is 0 Å². The summed E-state index contributed by atoms with van der Waals surface area (Å²) in [4.78, 5) is 20.9. The van der Waals surface area contributed by atoms with Gasteiger partial charge in [-0.1, -0.05) is 24.3 Å². The average Bonchev–Trinajstić information content (AvgIpc) is 2.76. The van der Waals surface area contributed by atoms with Gasteiger partial charge in [-0.25, -0.2) is 4.99 Å². The van der Waals surface area contributed by atoms with Crippen molar-refractivity contribution in [1.29, 1.82) is 0 Å². The topological polar surface area (TPSA) is 66.4 Å². The molecule has 2 aromatic rings. The van der Waals surface area contributed by atoms with Crippen LogP contribution in [0.25, 0.3) is 10.8 Å². The van der Waals surface area contributed by atoms with E-state index in [1.165, 1.54) is 0 Å². The molecule has 0 aliphatic carbocycles. The van der Waals surface area contributed by atoms with Crippen molar-refractivity contribution in [2.45, 2.75) is 32.4 Å². The molecule has 1 unspecified atom stereocenters. The van der Waals surface area contributed by atoms with Crippen molar-refractivity contribution in [3.8, 4) is 0 Å². The van der Waals surface area contributed by atoms with Gasteiger partial charge in [0, 0.05) is 28.9 Å². The van der Waals surface area contributed by atoms with Gasteiger partial charge in [-0.15, -0.1) is 0 Å². The number of nitrogens with one attached hydrogen (secondary N) is 2. The Morgan fingerprint density at radius 1 is 1.19 bits per heavy atom. The van der Waals surface area contributed by atoms with Crippen molar-refractivity contribution < 1.29 is 4.79 Å². The van der Waals surface area contributed by atoms with Gasteiger partial charge in [0.05, 0.1) is 0 Å². The van der Waals surface area contributed by atoms with E-state index in [9.17, 15) is 4.79 Å². The number of aromatic nitrogens is 1. The van der Waals surface area contributed by atoms with Crippen molar-refractivity contribution in [1.82, 2.24) is 15.6 Å². The molecule has 2 N–H and O–H groups in total. The molecule has 1 atom stereocenters. The molecule has 108 valence electrons. The number of amides is 1. The van der Waals surface area contributed by atoms with E-state index in [0.717, 1.165) is 16.3 Å². The fourth-order valence-electron chi connectivity index (χ4n) is 2.39. The second kappa shape index (κ2) is 4.84. The summed E-state index contributed by atoms with van der Waals surface area (Å²) in [6, 6.07) is 7.34. The maximum atomic E-state index is 12.2. The first-order valence-corrected chi connectivity index (χ1v) is 6.93. The predicted octanol–water partition coefficient (Wildman–Crippen LogP) is 2.15. The third-order valence-corrected chi connectivity index (χ3v) is 3.24. The number of hydrogen-bond donors (Lipinski definition) is 2. The highest BCUT2D eigenvalue weighted by Gasteiger charge is 2.30. The minimum absolute atomic E-state index is 0.125. The number of carbonyl (C=O) groups excluding carboxylic acids is 1. The lowest BCUT2D eigenvalue weighted by Gasteiger charge is -2.21. The fourth-order valence-corrected chi connectivity index (χ4v) is 2.39. The standard InChI is InChI=1S/C16H18N4O/c1-16(2,3)20-15-18-13(14(21)19-15)12-9-17-8-10-6-4-5-7-11(10)12/h4-9,13H,1-3H3,(H2,18,19,20,21). The zero-order valence-electron chi connectivity index (χ0n) is 12.3. The fraction of sp³-hybridized carbons (Fsp3) is 0.312. The largest absolute Gasteiger partial charge is 0.351 e. The van der Waals surface area contributed by atoms with E-state index in [4.69, 9.17) is 0 Å². The molecule has 0 saturated carbocycles. The van der Waals surface area contributed by atoms with Gasteiger partial charge in [0.15, 0.2) is 12.0 Å². The van der Waals surface area contributed by atoms with Gasteiger partial charge in [0.25, 0.3) is 5.91 Å². The maximum absolute atomic E-state index is 12.2. The van der Waals surface area contributed by atoms with Crippen LogP contribution in [0.2, 0.25) is 0 Å². The van der Waals surface area contributed by atoms with Crippen LogP contribution in [0.5, 0.6) is 0 Å². The van der Waals surface area contributed by atoms with Gasteiger partial charge < -0.3 is 5.32 Å². The quantitative estimate of drug-likeness (QED) is 0.842. The summed E-state index contributed by atoms with van der Waals surface area (Å²) in [6.45, 7) is 6.07. The molecule has 5 nitrogen and oxygen atoms in total. The van der Waals surface area contributed by atoms with Gasteiger partial charge in [0.1, 0.15) is 0 Å². The molecular weight excluding hydrogens is 264 g/mol. The third kappa shape index (κ3) is 2.72. The summed E-state index contributed by atoms with van der Waals surface area (Å²) in [6.07, 6.45) is 3.51. The summed E-state index contributed by atoms with van der Waals surface area (Å²) in [5.74, 6) is 0.394. The van der Waals surface area contributed by atoms with E-state index in [0.29, 0.717) is 5.96 Å². The number of rotatable bonds is 1. The van der Waals surface area contributed by atoms with Crippen LogP contribution in [0, 0.1) is 0 Å². The minimum Gasteiger partial charge on any atom is -0.351 e. The van der Waals surface area contributed by atoms with Crippen molar-refractivity contribution >= 4 is 22.6 Å². The monoisotopic (exact) mass is 282 g/mol. The number of benzene rings is 1. The van der Waals surface area contributed by atoms with Crippen molar-refractivity contribution in [3.05, 3.63) is 42.2 Å². The second-order valence-electron chi connectivity index (χ2n) is 6.19. The maximum Gasteiger partial charge on any atom is 0.256 e. The van der Waals surface area contributed by atoms with Crippen molar-refractivity contribution in [3.63, 3.8) is 0 Å². The lowest BCUT2D eigenvalue weighted by Crippen LogP contribution is -2.46. The average molecular weight is 282 g/mol. The van der Waals surface area contributed by atoms with Crippen molar-refractivity contribution in [2.24, 2.45) is 4.99 Å². The van der Waals surface area contributed by atoms with E-state index in [-0.39, 0.29) is 11.4 Å². The van der Waals surface area contributed by atoms with Crippen LogP contribution < -0.4 is 10.6 Å². The Morgan fingerprint density at radius 2 is 1.95 bits per heavy atom. The molecule has 3 rings (SSSR count). The Kier molecular flexibility index (Phi) is 3.12. The summed E-state index contributed by atoms with van der Waals surface area (Å²) in [5, 5.41) is 8.01. The highest BCUT2D eigenvalue weighted by atomic mass is 16.2. The highest BCUT2D eigenvalue weighted by molar-refractivity contribution is 6.06. The van der Waals surface area contributed by atoms with E-state index >= 15 is 0 Å². The Balaban J connectivity index is 2.01. The van der Waals surface area contributed by atoms with E-state index in [2.05, 4.69) is 20.6 Å². The number of guanidine groups is 1. The van der Waals surface area contributed by atoms with Crippen LogP contribution in [0.15, 0.2) is 41.7 Å². The Morgan fingerprint density at radius 3 is 2.71 bits per heavy atom. The molecule has 1 amide bonds. The molecule has 0 fully saturated rings. The van der Waals surface area contributed by atoms with Gasteiger partial charge in [-0.3, -0.25) is 15.1 Å². The lowest BCUT2D eigenvalue weighted by atomic mass is 10.0. The number of pyridine rings is 1. The van der Waals surface area contributed by atoms with E-state index < -0.39 is 6.04 Å². The SMILES string of the molecule is CC(C)(C)NC1=NC(c2cncc3ccccc23)C(=O)N1. The normalized spacial score (nSPS) is 18.5. The second-order valence-corrected chi connectivity index (χ2v) is 6.19. The Hall–Kier alpha value is -2.43. The molecule has 1 aliphatic rings. The lowest BCUT2D eigenvalue weighted by molar-refractivity contribution is -0.120. The first-order valence-electron chi connectivity index (χ1n) is 6.93. The summed E-state index contributed by atoms with van der Waals surface area (Å²) >= 11 is 0. The molecule has 0 spiro atoms. The number of hydrogen-bond acceptors (Lipinski definition) is 4. The van der Waals surface area contributed by atoms with Crippen LogP contribution in [0.1, 0.15) is 32.4 Å². The number of nitrogens with zero attached hydrogens (tertiary/aromatic N) is 2. The van der Waals surface area contributed by atoms with Gasteiger partial charge >= 0.3 is 0 Å². The third-order valence-electron chi connectivity index (χ3n) is 3.24. The zero-order chi connectivity index (χ0) is 15.0. The summed E-state index contributed by atoms with van der Waals surface area (Å²) < 4.78 is 0. The van der Waals surface area contributed by atoms with Crippen LogP contribution >= 0.6 is 0 Å². The first kappa shape index (κ1) is 13.5. The van der Waals surface area contributed by atoms with Crippen LogP contribution in [-0.4, -0.2) is 22.4 Å². The van der Waals surface area contributed by atoms with Crippen molar-refractivity contribution in [2.75, 3.05) is 0 Å². The van der Waals surface area contributed by atoms with Gasteiger partial charge in [-0.05, 0) is 26.2 Å². The molecule has 5 heteroatoms. The molecule has 21 heavy (non-hydrogen) atoms. The Labute approximate surface area is 123 Å². The number of fused-ring (bicyclic) bond motifs is 1. The molecule has 0 radical (unpaired) electrons. The zero-order valence-corrected chi connectivity index (χ0v) is 12.3. The highest BCUT2D eigenvalue weighted by Crippen LogP contribution is 2.27. The molecular formula is C16H18N4O. The predicted molar refractivity (Wildman–Crippen MR) is 83.0 cm³/mol. The van der Waals surface area contributed by atoms with Crippen LogP contribution in [-0.2, 0) is 4.79 Å². The molecule has 2 heterocycles. The molecule has 0 saturated heterocycles. The smallest absolute Gasteiger partial charge is 0.256 e. The van der Waals surface area contributed by atoms with Crippen LogP contribution in [0.3, 0.4) is 0 Å². The summed E-state index contributed by atoms with van der Waals surface area (Å²) in [7, 11) is 0. The molecule has 0 bridgehead atoms. The number of aliphatic imine (C=N–C) groups is 1. The Bertz CT molecular complexity index is 725. The van der Waals surface area contributed by atoms with Crippen LogP contribution in [0.4, 0.5) is 0 Å². The first-order chi connectivity index (χ1) is 9.94. The van der Waals surface area contributed by atoms with E-state index in [1.807, 2.05) is 45.0 Å². The molecule has 1 aliphatic heterocycles. The summed E-state index contributed by atoms with van der Waals surface area (Å²) in [5.41, 5.74) is 0.675. The van der Waals surface area contributed by atoms with Gasteiger partial charge in [-0.2, -0.15) is 0 Å².